The lowest BCUT2D eigenvalue weighted by atomic mass is 10.1. The summed E-state index contributed by atoms with van der Waals surface area (Å²) in [5.41, 5.74) is 3.67. The zero-order valence-corrected chi connectivity index (χ0v) is 19.9. The Balaban J connectivity index is 1.49. The van der Waals surface area contributed by atoms with Gasteiger partial charge in [-0.1, -0.05) is 18.2 Å². The summed E-state index contributed by atoms with van der Waals surface area (Å²) in [6.45, 7) is -0.304. The quantitative estimate of drug-likeness (QED) is 0.193. The van der Waals surface area contributed by atoms with Crippen molar-refractivity contribution in [2.24, 2.45) is 5.10 Å². The van der Waals surface area contributed by atoms with E-state index in [1.165, 1.54) is 39.7 Å². The number of rotatable bonds is 10. The van der Waals surface area contributed by atoms with Crippen molar-refractivity contribution in [1.82, 2.24) is 10.7 Å². The van der Waals surface area contributed by atoms with Crippen molar-refractivity contribution < 1.29 is 33.3 Å². The Morgan fingerprint density at radius 2 is 1.47 bits per heavy atom. The predicted octanol–water partition coefficient (Wildman–Crippen LogP) is 2.81. The summed E-state index contributed by atoms with van der Waals surface area (Å²) in [4.78, 5) is 36.6. The smallest absolute Gasteiger partial charge is 0.343 e. The van der Waals surface area contributed by atoms with Gasteiger partial charge in [0.1, 0.15) is 5.75 Å². The molecule has 0 spiro atoms. The van der Waals surface area contributed by atoms with Crippen molar-refractivity contribution in [3.63, 3.8) is 0 Å². The molecule has 0 heterocycles. The van der Waals surface area contributed by atoms with Gasteiger partial charge in [-0.05, 0) is 54.1 Å². The van der Waals surface area contributed by atoms with Crippen LogP contribution in [-0.2, 0) is 4.79 Å². The van der Waals surface area contributed by atoms with Crippen LogP contribution in [0.1, 0.15) is 26.3 Å². The van der Waals surface area contributed by atoms with Gasteiger partial charge in [-0.25, -0.2) is 10.2 Å². The summed E-state index contributed by atoms with van der Waals surface area (Å²) in [5.74, 6) is -0.133. The average Bonchev–Trinajstić information content (AvgIpc) is 2.92. The van der Waals surface area contributed by atoms with Gasteiger partial charge >= 0.3 is 5.97 Å². The third-order valence-electron chi connectivity index (χ3n) is 4.84. The summed E-state index contributed by atoms with van der Waals surface area (Å²) in [5, 5.41) is 6.37. The molecule has 0 bridgehead atoms. The standard InChI is InChI=1S/C26H25N3O7/c1-33-21-13-19(14-22(34-2)24(21)35-3)25(31)27-16-23(30)29-28-15-17-9-11-20(12-10-17)36-26(32)18-7-5-4-6-8-18/h4-15H,16H2,1-3H3,(H,27,31)(H,29,30). The lowest BCUT2D eigenvalue weighted by Crippen LogP contribution is -2.34. The number of amides is 2. The van der Waals surface area contributed by atoms with Gasteiger partial charge in [-0.3, -0.25) is 9.59 Å². The molecular formula is C26H25N3O7. The topological polar surface area (TPSA) is 125 Å². The van der Waals surface area contributed by atoms with Crippen LogP contribution in [0, 0.1) is 0 Å². The molecule has 0 saturated carbocycles. The Kier molecular flexibility index (Phi) is 8.99. The number of benzene rings is 3. The van der Waals surface area contributed by atoms with Gasteiger partial charge in [0, 0.05) is 5.56 Å². The van der Waals surface area contributed by atoms with Crippen LogP contribution in [-0.4, -0.2) is 51.9 Å². The highest BCUT2D eigenvalue weighted by molar-refractivity contribution is 5.97. The number of hydrogen-bond donors (Lipinski definition) is 2. The van der Waals surface area contributed by atoms with Crippen LogP contribution in [0.2, 0.25) is 0 Å². The van der Waals surface area contributed by atoms with Gasteiger partial charge in [0.2, 0.25) is 5.75 Å². The maximum Gasteiger partial charge on any atom is 0.343 e. The van der Waals surface area contributed by atoms with Crippen LogP contribution < -0.4 is 29.7 Å². The Morgan fingerprint density at radius 3 is 2.06 bits per heavy atom. The van der Waals surface area contributed by atoms with Crippen LogP contribution in [0.5, 0.6) is 23.0 Å². The van der Waals surface area contributed by atoms with Gasteiger partial charge < -0.3 is 24.3 Å². The second kappa shape index (κ2) is 12.6. The Hall–Kier alpha value is -4.86. The predicted molar refractivity (Wildman–Crippen MR) is 132 cm³/mol. The molecule has 3 rings (SSSR count). The molecule has 3 aromatic rings. The highest BCUT2D eigenvalue weighted by atomic mass is 16.5. The molecule has 0 atom stereocenters. The second-order valence-electron chi connectivity index (χ2n) is 7.21. The fraction of sp³-hybridized carbons (Fsp3) is 0.154. The van der Waals surface area contributed by atoms with E-state index in [9.17, 15) is 14.4 Å². The largest absolute Gasteiger partial charge is 0.493 e. The van der Waals surface area contributed by atoms with E-state index < -0.39 is 17.8 Å². The summed E-state index contributed by atoms with van der Waals surface area (Å²) >= 11 is 0. The lowest BCUT2D eigenvalue weighted by Gasteiger charge is -2.14. The van der Waals surface area contributed by atoms with E-state index in [1.54, 1.807) is 48.5 Å². The number of esters is 1. The van der Waals surface area contributed by atoms with Crippen molar-refractivity contribution in [2.75, 3.05) is 27.9 Å². The fourth-order valence-electron chi connectivity index (χ4n) is 3.06. The van der Waals surface area contributed by atoms with Gasteiger partial charge in [0.25, 0.3) is 11.8 Å². The number of carbonyl (C=O) groups is 3. The van der Waals surface area contributed by atoms with Crippen LogP contribution in [0.25, 0.3) is 0 Å². The number of carbonyl (C=O) groups excluding carboxylic acids is 3. The average molecular weight is 492 g/mol. The van der Waals surface area contributed by atoms with Crippen LogP contribution in [0.3, 0.4) is 0 Å². The fourth-order valence-corrected chi connectivity index (χ4v) is 3.06. The maximum absolute atomic E-state index is 12.5. The van der Waals surface area contributed by atoms with Crippen molar-refractivity contribution in [3.8, 4) is 23.0 Å². The van der Waals surface area contributed by atoms with Gasteiger partial charge in [-0.15, -0.1) is 0 Å². The Bertz CT molecular complexity index is 1220. The molecule has 3 aromatic carbocycles. The SMILES string of the molecule is COc1cc(C(=O)NCC(=O)NN=Cc2ccc(OC(=O)c3ccccc3)cc2)cc(OC)c1OC. The highest BCUT2D eigenvalue weighted by Crippen LogP contribution is 2.38. The number of nitrogens with one attached hydrogen (secondary N) is 2. The lowest BCUT2D eigenvalue weighted by molar-refractivity contribution is -0.120. The Labute approximate surface area is 207 Å². The minimum Gasteiger partial charge on any atom is -0.493 e. The van der Waals surface area contributed by atoms with E-state index in [0.29, 0.717) is 34.1 Å². The van der Waals surface area contributed by atoms with E-state index >= 15 is 0 Å². The van der Waals surface area contributed by atoms with E-state index in [1.807, 2.05) is 6.07 Å². The number of ether oxygens (including phenoxy) is 4. The summed E-state index contributed by atoms with van der Waals surface area (Å²) in [7, 11) is 4.34. The summed E-state index contributed by atoms with van der Waals surface area (Å²) < 4.78 is 21.0. The van der Waals surface area contributed by atoms with E-state index in [0.717, 1.165) is 0 Å². The number of hydrogen-bond acceptors (Lipinski definition) is 8. The monoisotopic (exact) mass is 491 g/mol. The molecule has 0 aliphatic carbocycles. The molecule has 0 radical (unpaired) electrons. The second-order valence-corrected chi connectivity index (χ2v) is 7.21. The van der Waals surface area contributed by atoms with Crippen molar-refractivity contribution in [1.29, 1.82) is 0 Å². The number of hydrazone groups is 1. The number of methoxy groups -OCH3 is 3. The molecule has 0 saturated heterocycles. The first-order valence-corrected chi connectivity index (χ1v) is 10.7. The maximum atomic E-state index is 12.5. The number of nitrogens with zero attached hydrogens (tertiary/aromatic N) is 1. The first-order chi connectivity index (χ1) is 17.4. The normalized spacial score (nSPS) is 10.4. The molecule has 186 valence electrons. The van der Waals surface area contributed by atoms with Gasteiger partial charge in [0.05, 0.1) is 39.7 Å². The molecular weight excluding hydrogens is 466 g/mol. The molecule has 10 nitrogen and oxygen atoms in total. The summed E-state index contributed by atoms with van der Waals surface area (Å²) in [6, 6.07) is 18.2. The van der Waals surface area contributed by atoms with Crippen molar-refractivity contribution in [2.45, 2.75) is 0 Å². The molecule has 36 heavy (non-hydrogen) atoms. The van der Waals surface area contributed by atoms with Crippen molar-refractivity contribution in [3.05, 3.63) is 83.4 Å². The zero-order valence-electron chi connectivity index (χ0n) is 19.9. The molecule has 0 fully saturated rings. The molecule has 2 N–H and O–H groups in total. The molecule has 0 aliphatic heterocycles. The third kappa shape index (κ3) is 6.83. The summed E-state index contributed by atoms with van der Waals surface area (Å²) in [6.07, 6.45) is 1.42. The van der Waals surface area contributed by atoms with Gasteiger partial charge in [-0.2, -0.15) is 5.10 Å². The van der Waals surface area contributed by atoms with Crippen LogP contribution >= 0.6 is 0 Å². The molecule has 0 unspecified atom stereocenters. The first kappa shape index (κ1) is 25.8. The molecule has 2 amide bonds. The minimum atomic E-state index is -0.527. The molecule has 10 heteroatoms. The Morgan fingerprint density at radius 1 is 0.833 bits per heavy atom. The highest BCUT2D eigenvalue weighted by Gasteiger charge is 2.17. The van der Waals surface area contributed by atoms with Crippen LogP contribution in [0.15, 0.2) is 71.8 Å². The molecule has 0 aromatic heterocycles. The molecule has 0 aliphatic rings. The first-order valence-electron chi connectivity index (χ1n) is 10.7. The van der Waals surface area contributed by atoms with E-state index in [4.69, 9.17) is 18.9 Å². The minimum absolute atomic E-state index is 0.230. The van der Waals surface area contributed by atoms with Crippen LogP contribution in [0.4, 0.5) is 0 Å². The van der Waals surface area contributed by atoms with Gasteiger partial charge in [0.15, 0.2) is 11.5 Å². The van der Waals surface area contributed by atoms with E-state index in [2.05, 4.69) is 15.8 Å². The van der Waals surface area contributed by atoms with E-state index in [-0.39, 0.29) is 12.1 Å². The zero-order chi connectivity index (χ0) is 25.9. The third-order valence-corrected chi connectivity index (χ3v) is 4.84. The van der Waals surface area contributed by atoms with Crippen molar-refractivity contribution >= 4 is 24.0 Å².